The molecule has 5 N–H and O–H groups in total. The van der Waals surface area contributed by atoms with E-state index in [-0.39, 0.29) is 11.0 Å². The second-order valence-electron chi connectivity index (χ2n) is 8.95. The normalized spacial score (nSPS) is 17.2. The SMILES string of the molecule is CC(C)(C)c1ccc(C2(c3ccc(C(N)=O)cc3Cl)Nc3ccc(C(=O)O)cc3N2)cc1. The molecule has 0 bridgehead atoms. The molecule has 0 saturated heterocycles. The van der Waals surface area contributed by atoms with E-state index >= 15 is 0 Å². The largest absolute Gasteiger partial charge is 0.478 e. The van der Waals surface area contributed by atoms with Crippen molar-refractivity contribution in [1.82, 2.24) is 0 Å². The summed E-state index contributed by atoms with van der Waals surface area (Å²) in [6.45, 7) is 6.44. The third kappa shape index (κ3) is 3.67. The third-order valence-corrected chi connectivity index (χ3v) is 6.07. The Balaban J connectivity index is 1.88. The summed E-state index contributed by atoms with van der Waals surface area (Å²) >= 11 is 6.64. The highest BCUT2D eigenvalue weighted by atomic mass is 35.5. The molecule has 0 aromatic heterocycles. The Bertz CT molecular complexity index is 1230. The zero-order valence-corrected chi connectivity index (χ0v) is 18.7. The van der Waals surface area contributed by atoms with Gasteiger partial charge in [0.15, 0.2) is 5.66 Å². The molecule has 1 aliphatic rings. The zero-order valence-electron chi connectivity index (χ0n) is 18.0. The predicted molar refractivity (Wildman–Crippen MR) is 127 cm³/mol. The average Bonchev–Trinajstić information content (AvgIpc) is 3.12. The number of halogens is 1. The van der Waals surface area contributed by atoms with Crippen molar-refractivity contribution in [3.63, 3.8) is 0 Å². The van der Waals surface area contributed by atoms with Gasteiger partial charge in [0.05, 0.1) is 16.9 Å². The molecular weight excluding hydrogens is 426 g/mol. The fraction of sp³-hybridized carbons (Fsp3) is 0.200. The molecule has 1 amide bonds. The average molecular weight is 450 g/mol. The van der Waals surface area contributed by atoms with Crippen molar-refractivity contribution in [1.29, 1.82) is 0 Å². The van der Waals surface area contributed by atoms with Gasteiger partial charge >= 0.3 is 5.97 Å². The van der Waals surface area contributed by atoms with Crippen LogP contribution in [-0.2, 0) is 11.1 Å². The molecule has 0 fully saturated rings. The van der Waals surface area contributed by atoms with Gasteiger partial charge in [0.2, 0.25) is 5.91 Å². The van der Waals surface area contributed by atoms with Crippen molar-refractivity contribution in [2.75, 3.05) is 10.6 Å². The summed E-state index contributed by atoms with van der Waals surface area (Å²) in [7, 11) is 0. The quantitative estimate of drug-likeness (QED) is 0.439. The molecule has 7 heteroatoms. The molecule has 1 aliphatic heterocycles. The summed E-state index contributed by atoms with van der Waals surface area (Å²) < 4.78 is 0. The first-order chi connectivity index (χ1) is 15.0. The molecule has 0 saturated carbocycles. The van der Waals surface area contributed by atoms with Crippen LogP contribution in [0.5, 0.6) is 0 Å². The number of carboxylic acid groups (broad SMARTS) is 1. The number of fused-ring (bicyclic) bond motifs is 1. The van der Waals surface area contributed by atoms with Crippen molar-refractivity contribution in [3.8, 4) is 0 Å². The molecule has 3 aromatic rings. The smallest absolute Gasteiger partial charge is 0.335 e. The van der Waals surface area contributed by atoms with Crippen LogP contribution in [0.15, 0.2) is 60.7 Å². The molecule has 1 atom stereocenters. The number of anilines is 2. The Kier molecular flexibility index (Phi) is 5.13. The van der Waals surface area contributed by atoms with E-state index in [4.69, 9.17) is 17.3 Å². The van der Waals surface area contributed by atoms with Crippen LogP contribution in [-0.4, -0.2) is 17.0 Å². The summed E-state index contributed by atoms with van der Waals surface area (Å²) in [4.78, 5) is 23.1. The summed E-state index contributed by atoms with van der Waals surface area (Å²) in [5, 5.41) is 16.7. The van der Waals surface area contributed by atoms with Gasteiger partial charge in [-0.1, -0.05) is 62.7 Å². The highest BCUT2D eigenvalue weighted by Gasteiger charge is 2.41. The van der Waals surface area contributed by atoms with Crippen LogP contribution >= 0.6 is 11.6 Å². The Morgan fingerprint density at radius 2 is 1.53 bits per heavy atom. The van der Waals surface area contributed by atoms with Crippen molar-refractivity contribution in [2.24, 2.45) is 5.73 Å². The number of carbonyl (C=O) groups is 2. The van der Waals surface area contributed by atoms with Crippen molar-refractivity contribution in [2.45, 2.75) is 31.8 Å². The van der Waals surface area contributed by atoms with E-state index in [0.717, 1.165) is 11.3 Å². The Labute approximate surface area is 191 Å². The number of hydrogen-bond acceptors (Lipinski definition) is 4. The molecule has 4 rings (SSSR count). The number of aromatic carboxylic acids is 1. The molecule has 0 aliphatic carbocycles. The Hall–Kier alpha value is -3.51. The lowest BCUT2D eigenvalue weighted by Crippen LogP contribution is -2.40. The van der Waals surface area contributed by atoms with E-state index in [1.807, 2.05) is 12.1 Å². The van der Waals surface area contributed by atoms with E-state index in [9.17, 15) is 14.7 Å². The molecular formula is C25H24ClN3O3. The maximum Gasteiger partial charge on any atom is 0.335 e. The molecule has 1 heterocycles. The van der Waals surface area contributed by atoms with Gasteiger partial charge in [0.1, 0.15) is 0 Å². The lowest BCUT2D eigenvalue weighted by atomic mass is 9.84. The van der Waals surface area contributed by atoms with E-state index < -0.39 is 17.5 Å². The second-order valence-corrected chi connectivity index (χ2v) is 9.36. The van der Waals surface area contributed by atoms with E-state index in [1.165, 1.54) is 5.56 Å². The number of nitrogens with two attached hydrogens (primary N) is 1. The lowest BCUT2D eigenvalue weighted by Gasteiger charge is -2.33. The number of rotatable bonds is 4. The first kappa shape index (κ1) is 21.7. The van der Waals surface area contributed by atoms with Gasteiger partial charge < -0.3 is 21.5 Å². The number of hydrogen-bond donors (Lipinski definition) is 4. The number of carboxylic acids is 1. The van der Waals surface area contributed by atoms with Gasteiger partial charge in [-0.2, -0.15) is 0 Å². The van der Waals surface area contributed by atoms with Gasteiger partial charge in [-0.25, -0.2) is 4.79 Å². The first-order valence-electron chi connectivity index (χ1n) is 10.2. The third-order valence-electron chi connectivity index (χ3n) is 5.75. The van der Waals surface area contributed by atoms with Crippen LogP contribution in [0.25, 0.3) is 0 Å². The highest BCUT2D eigenvalue weighted by molar-refractivity contribution is 6.32. The number of carbonyl (C=O) groups excluding carboxylic acids is 1. The summed E-state index contributed by atoms with van der Waals surface area (Å²) in [6, 6.07) is 18.0. The molecule has 6 nitrogen and oxygen atoms in total. The molecule has 0 radical (unpaired) electrons. The van der Waals surface area contributed by atoms with Gasteiger partial charge in [-0.05, 0) is 41.3 Å². The van der Waals surface area contributed by atoms with Crippen LogP contribution in [0.3, 0.4) is 0 Å². The second kappa shape index (κ2) is 7.57. The van der Waals surface area contributed by atoms with Crippen LogP contribution < -0.4 is 16.4 Å². The maximum atomic E-state index is 11.6. The van der Waals surface area contributed by atoms with E-state index in [1.54, 1.807) is 36.4 Å². The molecule has 164 valence electrons. The number of primary amides is 1. The first-order valence-corrected chi connectivity index (χ1v) is 10.5. The fourth-order valence-corrected chi connectivity index (χ4v) is 4.27. The van der Waals surface area contributed by atoms with Gasteiger partial charge in [0, 0.05) is 21.7 Å². The predicted octanol–water partition coefficient (Wildman–Crippen LogP) is 5.17. The summed E-state index contributed by atoms with van der Waals surface area (Å²) in [5.74, 6) is -1.57. The number of nitrogens with one attached hydrogen (secondary N) is 2. The Morgan fingerprint density at radius 3 is 2.09 bits per heavy atom. The van der Waals surface area contributed by atoms with Crippen LogP contribution in [0, 0.1) is 0 Å². The number of amides is 1. The molecule has 0 spiro atoms. The van der Waals surface area contributed by atoms with Gasteiger partial charge in [-0.3, -0.25) is 4.79 Å². The summed E-state index contributed by atoms with van der Waals surface area (Å²) in [5.41, 5.74) is 9.03. The Morgan fingerprint density at radius 1 is 0.906 bits per heavy atom. The van der Waals surface area contributed by atoms with Gasteiger partial charge in [0.25, 0.3) is 0 Å². The number of benzene rings is 3. The standard InChI is InChI=1S/C25H24ClN3O3/c1-24(2,3)16-6-8-17(9-7-16)25(18-10-4-14(22(27)30)12-19(18)26)28-20-11-5-15(23(31)32)13-21(20)29-25/h4-13,28-29H,1-3H3,(H2,27,30)(H,31,32). The minimum absolute atomic E-state index is 0.0115. The van der Waals surface area contributed by atoms with E-state index in [0.29, 0.717) is 21.8 Å². The monoisotopic (exact) mass is 449 g/mol. The minimum Gasteiger partial charge on any atom is -0.478 e. The van der Waals surface area contributed by atoms with E-state index in [2.05, 4.69) is 43.5 Å². The molecule has 32 heavy (non-hydrogen) atoms. The van der Waals surface area contributed by atoms with Gasteiger partial charge in [-0.15, -0.1) is 0 Å². The molecule has 3 aromatic carbocycles. The maximum absolute atomic E-state index is 11.6. The van der Waals surface area contributed by atoms with Crippen LogP contribution in [0.4, 0.5) is 11.4 Å². The van der Waals surface area contributed by atoms with Crippen molar-refractivity contribution >= 4 is 34.9 Å². The van der Waals surface area contributed by atoms with Crippen molar-refractivity contribution in [3.05, 3.63) is 93.5 Å². The fourth-order valence-electron chi connectivity index (χ4n) is 3.95. The topological polar surface area (TPSA) is 104 Å². The van der Waals surface area contributed by atoms with Crippen LogP contribution in [0.1, 0.15) is 58.2 Å². The van der Waals surface area contributed by atoms with Crippen LogP contribution in [0.2, 0.25) is 5.02 Å². The highest BCUT2D eigenvalue weighted by Crippen LogP contribution is 2.46. The van der Waals surface area contributed by atoms with Crippen molar-refractivity contribution < 1.29 is 14.7 Å². The lowest BCUT2D eigenvalue weighted by molar-refractivity contribution is 0.0696. The molecule has 1 unspecified atom stereocenters. The zero-order chi connectivity index (χ0) is 23.3. The summed E-state index contributed by atoms with van der Waals surface area (Å²) in [6.07, 6.45) is 0. The minimum atomic E-state index is -1.01.